The van der Waals surface area contributed by atoms with E-state index >= 15 is 0 Å². The Morgan fingerprint density at radius 3 is 2.15 bits per heavy atom. The zero-order valence-corrected chi connectivity index (χ0v) is 12.2. The molecule has 1 heterocycles. The molecule has 0 unspecified atom stereocenters. The molecule has 0 fully saturated rings. The second-order valence-corrected chi connectivity index (χ2v) is 5.22. The highest BCUT2D eigenvalue weighted by Gasteiger charge is 2.37. The first-order valence-electron chi connectivity index (χ1n) is 5.95. The Kier molecular flexibility index (Phi) is 3.06. The molecule has 1 aliphatic heterocycles. The number of fused-ring (bicyclic) bond motifs is 1. The van der Waals surface area contributed by atoms with Gasteiger partial charge in [0, 0.05) is 4.47 Å². The van der Waals surface area contributed by atoms with Crippen LogP contribution in [0.25, 0.3) is 0 Å². The molecular formula is C15H10BrNO3. The van der Waals surface area contributed by atoms with E-state index in [1.54, 1.807) is 42.5 Å². The normalized spacial score (nSPS) is 13.6. The third-order valence-corrected chi connectivity index (χ3v) is 3.67. The molecule has 1 aliphatic rings. The molecule has 0 bridgehead atoms. The lowest BCUT2D eigenvalue weighted by atomic mass is 10.1. The van der Waals surface area contributed by atoms with Gasteiger partial charge >= 0.3 is 0 Å². The number of nitrogens with zero attached hydrogens (tertiary/aromatic N) is 1. The predicted molar refractivity (Wildman–Crippen MR) is 78.3 cm³/mol. The van der Waals surface area contributed by atoms with Crippen LogP contribution in [0.5, 0.6) is 5.75 Å². The van der Waals surface area contributed by atoms with E-state index in [-0.39, 0.29) is 11.8 Å². The van der Waals surface area contributed by atoms with E-state index in [2.05, 4.69) is 15.9 Å². The highest BCUT2D eigenvalue weighted by atomic mass is 79.9. The van der Waals surface area contributed by atoms with Gasteiger partial charge in [0.15, 0.2) is 0 Å². The minimum absolute atomic E-state index is 0.331. The van der Waals surface area contributed by atoms with Gasteiger partial charge in [-0.3, -0.25) is 9.59 Å². The SMILES string of the molecule is COc1ccc(Br)cc1N1C(=O)c2ccccc2C1=O. The molecule has 3 rings (SSSR count). The molecular weight excluding hydrogens is 322 g/mol. The number of hydrogen-bond donors (Lipinski definition) is 0. The van der Waals surface area contributed by atoms with E-state index in [9.17, 15) is 9.59 Å². The number of halogens is 1. The molecule has 0 saturated heterocycles. The van der Waals surface area contributed by atoms with Crippen LogP contribution in [0, 0.1) is 0 Å². The van der Waals surface area contributed by atoms with Crippen LogP contribution in [0.2, 0.25) is 0 Å². The van der Waals surface area contributed by atoms with E-state index in [0.717, 1.165) is 9.37 Å². The number of methoxy groups -OCH3 is 1. The molecule has 2 aromatic carbocycles. The van der Waals surface area contributed by atoms with Crippen molar-refractivity contribution in [1.82, 2.24) is 0 Å². The van der Waals surface area contributed by atoms with Crippen molar-refractivity contribution in [2.45, 2.75) is 0 Å². The van der Waals surface area contributed by atoms with E-state index < -0.39 is 0 Å². The highest BCUT2D eigenvalue weighted by Crippen LogP contribution is 2.36. The summed E-state index contributed by atoms with van der Waals surface area (Å²) < 4.78 is 6.01. The van der Waals surface area contributed by atoms with Crippen LogP contribution in [-0.4, -0.2) is 18.9 Å². The lowest BCUT2D eigenvalue weighted by molar-refractivity contribution is 0.0925. The first kappa shape index (κ1) is 12.9. The standard InChI is InChI=1S/C15H10BrNO3/c1-20-13-7-6-9(16)8-12(13)17-14(18)10-4-2-3-5-11(10)15(17)19/h2-8H,1H3. The van der Waals surface area contributed by atoms with Crippen LogP contribution in [0.1, 0.15) is 20.7 Å². The number of hydrogen-bond acceptors (Lipinski definition) is 3. The lowest BCUT2D eigenvalue weighted by Crippen LogP contribution is -2.29. The Balaban J connectivity index is 2.16. The second-order valence-electron chi connectivity index (χ2n) is 4.31. The lowest BCUT2D eigenvalue weighted by Gasteiger charge is -2.17. The number of carbonyl (C=O) groups is 2. The van der Waals surface area contributed by atoms with Crippen molar-refractivity contribution >= 4 is 33.4 Å². The number of ether oxygens (including phenoxy) is 1. The summed E-state index contributed by atoms with van der Waals surface area (Å²) >= 11 is 3.34. The van der Waals surface area contributed by atoms with Crippen LogP contribution in [0.15, 0.2) is 46.9 Å². The first-order chi connectivity index (χ1) is 9.63. The van der Waals surface area contributed by atoms with E-state index in [4.69, 9.17) is 4.74 Å². The minimum atomic E-state index is -0.331. The number of carbonyl (C=O) groups excluding carboxylic acids is 2. The van der Waals surface area contributed by atoms with Gasteiger partial charge in [-0.1, -0.05) is 28.1 Å². The number of imide groups is 1. The van der Waals surface area contributed by atoms with Gasteiger partial charge in [0.1, 0.15) is 5.75 Å². The Bertz CT molecular complexity index is 692. The molecule has 2 aromatic rings. The van der Waals surface area contributed by atoms with Crippen molar-refractivity contribution in [3.63, 3.8) is 0 Å². The quantitative estimate of drug-likeness (QED) is 0.793. The average molecular weight is 332 g/mol. The van der Waals surface area contributed by atoms with Gasteiger partial charge in [-0.2, -0.15) is 0 Å². The van der Waals surface area contributed by atoms with Crippen LogP contribution in [-0.2, 0) is 0 Å². The van der Waals surface area contributed by atoms with Gasteiger partial charge in [-0.15, -0.1) is 0 Å². The summed E-state index contributed by atoms with van der Waals surface area (Å²) in [6.45, 7) is 0. The Morgan fingerprint density at radius 1 is 1.00 bits per heavy atom. The maximum absolute atomic E-state index is 12.4. The first-order valence-corrected chi connectivity index (χ1v) is 6.74. The summed E-state index contributed by atoms with van der Waals surface area (Å²) in [5.41, 5.74) is 1.27. The monoisotopic (exact) mass is 331 g/mol. The minimum Gasteiger partial charge on any atom is -0.495 e. The molecule has 20 heavy (non-hydrogen) atoms. The molecule has 0 radical (unpaired) electrons. The Hall–Kier alpha value is -2.14. The number of amides is 2. The summed E-state index contributed by atoms with van der Waals surface area (Å²) in [5.74, 6) is -0.188. The van der Waals surface area contributed by atoms with Gasteiger partial charge in [-0.25, -0.2) is 4.90 Å². The largest absolute Gasteiger partial charge is 0.495 e. The number of benzene rings is 2. The molecule has 100 valence electrons. The third-order valence-electron chi connectivity index (χ3n) is 3.18. The van der Waals surface area contributed by atoms with Gasteiger partial charge in [-0.05, 0) is 30.3 Å². The molecule has 4 nitrogen and oxygen atoms in total. The molecule has 0 spiro atoms. The van der Waals surface area contributed by atoms with Crippen LogP contribution in [0.3, 0.4) is 0 Å². The molecule has 0 saturated carbocycles. The molecule has 5 heteroatoms. The van der Waals surface area contributed by atoms with Crippen molar-refractivity contribution in [2.75, 3.05) is 12.0 Å². The Morgan fingerprint density at radius 2 is 1.60 bits per heavy atom. The number of rotatable bonds is 2. The third kappa shape index (κ3) is 1.82. The van der Waals surface area contributed by atoms with Crippen molar-refractivity contribution in [2.24, 2.45) is 0 Å². The van der Waals surface area contributed by atoms with Crippen molar-refractivity contribution in [3.8, 4) is 5.75 Å². The van der Waals surface area contributed by atoms with E-state index in [1.165, 1.54) is 7.11 Å². The van der Waals surface area contributed by atoms with Crippen molar-refractivity contribution < 1.29 is 14.3 Å². The zero-order valence-electron chi connectivity index (χ0n) is 10.6. The summed E-state index contributed by atoms with van der Waals surface area (Å²) in [6.07, 6.45) is 0. The predicted octanol–water partition coefficient (Wildman–Crippen LogP) is 3.26. The van der Waals surface area contributed by atoms with Crippen LogP contribution < -0.4 is 9.64 Å². The van der Waals surface area contributed by atoms with E-state index in [1.807, 2.05) is 0 Å². The second kappa shape index (κ2) is 4.76. The molecule has 0 aliphatic carbocycles. The topological polar surface area (TPSA) is 46.6 Å². The summed E-state index contributed by atoms with van der Waals surface area (Å²) in [6, 6.07) is 12.0. The Labute approximate surface area is 124 Å². The van der Waals surface area contributed by atoms with Crippen LogP contribution in [0.4, 0.5) is 5.69 Å². The fourth-order valence-corrected chi connectivity index (χ4v) is 2.59. The highest BCUT2D eigenvalue weighted by molar-refractivity contribution is 9.10. The van der Waals surface area contributed by atoms with Crippen molar-refractivity contribution in [3.05, 3.63) is 58.1 Å². The van der Waals surface area contributed by atoms with Gasteiger partial charge in [0.25, 0.3) is 11.8 Å². The summed E-state index contributed by atoms with van der Waals surface area (Å²) in [4.78, 5) is 26.0. The van der Waals surface area contributed by atoms with Crippen molar-refractivity contribution in [1.29, 1.82) is 0 Å². The van der Waals surface area contributed by atoms with Gasteiger partial charge in [0.2, 0.25) is 0 Å². The molecule has 2 amide bonds. The van der Waals surface area contributed by atoms with Gasteiger partial charge in [0.05, 0.1) is 23.9 Å². The molecule has 0 N–H and O–H groups in total. The zero-order chi connectivity index (χ0) is 14.3. The summed E-state index contributed by atoms with van der Waals surface area (Å²) in [7, 11) is 1.50. The maximum atomic E-state index is 12.4. The van der Waals surface area contributed by atoms with Crippen LogP contribution >= 0.6 is 15.9 Å². The number of anilines is 1. The van der Waals surface area contributed by atoms with Gasteiger partial charge < -0.3 is 4.74 Å². The van der Waals surface area contributed by atoms with E-state index in [0.29, 0.717) is 22.6 Å². The molecule has 0 aromatic heterocycles. The summed E-state index contributed by atoms with van der Waals surface area (Å²) in [5, 5.41) is 0. The smallest absolute Gasteiger partial charge is 0.266 e. The fourth-order valence-electron chi connectivity index (χ4n) is 2.25. The fraction of sp³-hybridized carbons (Fsp3) is 0.0667. The molecule has 0 atom stereocenters. The average Bonchev–Trinajstić information content (AvgIpc) is 2.71. The maximum Gasteiger partial charge on any atom is 0.266 e.